The van der Waals surface area contributed by atoms with Crippen LogP contribution >= 0.6 is 0 Å². The number of ketones is 1. The van der Waals surface area contributed by atoms with Gasteiger partial charge in [-0.2, -0.15) is 9.78 Å². The zero-order valence-corrected chi connectivity index (χ0v) is 10.9. The van der Waals surface area contributed by atoms with E-state index in [0.717, 1.165) is 16.8 Å². The highest BCUT2D eigenvalue weighted by Gasteiger charge is 2.23. The van der Waals surface area contributed by atoms with Crippen LogP contribution in [0.25, 0.3) is 0 Å². The number of carbonyl (C=O) groups is 2. The number of nitrogens with zero attached hydrogens (tertiary/aromatic N) is 2. The molecule has 0 N–H and O–H groups in total. The van der Waals surface area contributed by atoms with E-state index in [2.05, 4.69) is 5.10 Å². The zero-order chi connectivity index (χ0) is 13.9. The summed E-state index contributed by atoms with van der Waals surface area (Å²) in [5.41, 5.74) is 2.55. The van der Waals surface area contributed by atoms with Crippen LogP contribution in [0.15, 0.2) is 36.5 Å². The van der Waals surface area contributed by atoms with Crippen molar-refractivity contribution < 1.29 is 14.3 Å². The average molecular weight is 270 g/mol. The molecule has 1 heterocycles. The van der Waals surface area contributed by atoms with Gasteiger partial charge in [-0.1, -0.05) is 30.3 Å². The molecule has 0 unspecified atom stereocenters. The number of ether oxygens (including phenoxy) is 1. The molecule has 5 nitrogen and oxygen atoms in total. The number of Topliss-reactive ketones (excluding diaryl/α,β-unsaturated/α-hetero) is 1. The van der Waals surface area contributed by atoms with Crippen molar-refractivity contribution in [2.24, 2.45) is 0 Å². The average Bonchev–Trinajstić information content (AvgIpc) is 2.89. The van der Waals surface area contributed by atoms with Gasteiger partial charge in [0.15, 0.2) is 0 Å². The van der Waals surface area contributed by atoms with Gasteiger partial charge in [-0.15, -0.1) is 0 Å². The number of aromatic nitrogens is 2. The second-order valence-electron chi connectivity index (χ2n) is 4.78. The minimum atomic E-state index is -0.496. The van der Waals surface area contributed by atoms with Crippen molar-refractivity contribution >= 4 is 11.9 Å². The molecule has 3 rings (SSSR count). The Morgan fingerprint density at radius 2 is 2.05 bits per heavy atom. The Hall–Kier alpha value is -2.43. The van der Waals surface area contributed by atoms with Crippen molar-refractivity contribution in [3.63, 3.8) is 0 Å². The smallest absolute Gasteiger partial charge is 0.435 e. The molecular weight excluding hydrogens is 256 g/mol. The van der Waals surface area contributed by atoms with E-state index in [9.17, 15) is 9.59 Å². The molecule has 1 aliphatic rings. The van der Waals surface area contributed by atoms with Crippen LogP contribution in [0, 0.1) is 0 Å². The van der Waals surface area contributed by atoms with Crippen molar-refractivity contribution in [2.75, 3.05) is 0 Å². The van der Waals surface area contributed by atoms with Gasteiger partial charge in [0.25, 0.3) is 0 Å². The molecule has 0 radical (unpaired) electrons. The van der Waals surface area contributed by atoms with Gasteiger partial charge in [-0.05, 0) is 12.0 Å². The van der Waals surface area contributed by atoms with Crippen LogP contribution in [0.1, 0.15) is 23.2 Å². The Morgan fingerprint density at radius 1 is 1.25 bits per heavy atom. The molecule has 0 spiro atoms. The van der Waals surface area contributed by atoms with Gasteiger partial charge in [-0.3, -0.25) is 4.79 Å². The Labute approximate surface area is 116 Å². The van der Waals surface area contributed by atoms with E-state index in [0.29, 0.717) is 19.3 Å². The molecule has 0 bridgehead atoms. The molecule has 0 fully saturated rings. The molecule has 5 heteroatoms. The highest BCUT2D eigenvalue weighted by atomic mass is 16.6. The van der Waals surface area contributed by atoms with Gasteiger partial charge in [0, 0.05) is 18.4 Å². The van der Waals surface area contributed by atoms with Crippen LogP contribution in [0.2, 0.25) is 0 Å². The zero-order valence-electron chi connectivity index (χ0n) is 10.9. The predicted octanol–water partition coefficient (Wildman–Crippen LogP) is 2.13. The van der Waals surface area contributed by atoms with Crippen LogP contribution in [-0.4, -0.2) is 21.7 Å². The molecule has 0 amide bonds. The summed E-state index contributed by atoms with van der Waals surface area (Å²) >= 11 is 0. The topological polar surface area (TPSA) is 61.2 Å². The molecule has 0 aliphatic heterocycles. The number of rotatable bonds is 2. The van der Waals surface area contributed by atoms with Crippen LogP contribution in [0.5, 0.6) is 0 Å². The molecular formula is C15H14N2O3. The fourth-order valence-corrected chi connectivity index (χ4v) is 2.32. The number of hydrogen-bond acceptors (Lipinski definition) is 4. The summed E-state index contributed by atoms with van der Waals surface area (Å²) in [6.45, 7) is 0.216. The lowest BCUT2D eigenvalue weighted by Crippen LogP contribution is -2.21. The molecule has 20 heavy (non-hydrogen) atoms. The third-order valence-corrected chi connectivity index (χ3v) is 3.36. The second-order valence-corrected chi connectivity index (χ2v) is 4.78. The summed E-state index contributed by atoms with van der Waals surface area (Å²) in [6, 6.07) is 9.48. The van der Waals surface area contributed by atoms with Crippen molar-refractivity contribution in [1.29, 1.82) is 0 Å². The van der Waals surface area contributed by atoms with Gasteiger partial charge in [0.05, 0.1) is 11.9 Å². The summed E-state index contributed by atoms with van der Waals surface area (Å²) in [5, 5.41) is 4.03. The molecule has 0 saturated heterocycles. The van der Waals surface area contributed by atoms with E-state index in [1.807, 2.05) is 30.3 Å². The minimum Gasteiger partial charge on any atom is -0.443 e. The lowest BCUT2D eigenvalue weighted by Gasteiger charge is -2.12. The molecule has 0 atom stereocenters. The third kappa shape index (κ3) is 2.47. The van der Waals surface area contributed by atoms with Crippen LogP contribution < -0.4 is 0 Å². The summed E-state index contributed by atoms with van der Waals surface area (Å²) in [6.07, 6.45) is 2.46. The van der Waals surface area contributed by atoms with E-state index in [1.54, 1.807) is 6.20 Å². The van der Waals surface area contributed by atoms with Gasteiger partial charge >= 0.3 is 6.09 Å². The minimum absolute atomic E-state index is 0.190. The quantitative estimate of drug-likeness (QED) is 0.838. The summed E-state index contributed by atoms with van der Waals surface area (Å²) in [4.78, 5) is 23.4. The van der Waals surface area contributed by atoms with Crippen LogP contribution in [0.3, 0.4) is 0 Å². The Kier molecular flexibility index (Phi) is 3.33. The lowest BCUT2D eigenvalue weighted by molar-refractivity contribution is -0.118. The van der Waals surface area contributed by atoms with E-state index < -0.39 is 6.09 Å². The van der Waals surface area contributed by atoms with Crippen molar-refractivity contribution in [3.8, 4) is 0 Å². The van der Waals surface area contributed by atoms with Gasteiger partial charge in [0.2, 0.25) is 0 Å². The fraction of sp³-hybridized carbons (Fsp3) is 0.267. The van der Waals surface area contributed by atoms with Crippen molar-refractivity contribution in [3.05, 3.63) is 53.3 Å². The molecule has 102 valence electrons. The van der Waals surface area contributed by atoms with E-state index in [-0.39, 0.29) is 12.4 Å². The van der Waals surface area contributed by atoms with Crippen molar-refractivity contribution in [2.45, 2.75) is 25.9 Å². The molecule has 1 aliphatic carbocycles. The van der Waals surface area contributed by atoms with Gasteiger partial charge in [-0.25, -0.2) is 4.79 Å². The highest BCUT2D eigenvalue weighted by Crippen LogP contribution is 2.19. The predicted molar refractivity (Wildman–Crippen MR) is 71.3 cm³/mol. The van der Waals surface area contributed by atoms with E-state index in [4.69, 9.17) is 4.74 Å². The largest absolute Gasteiger partial charge is 0.443 e. The maximum atomic E-state index is 12.0. The Morgan fingerprint density at radius 3 is 2.85 bits per heavy atom. The van der Waals surface area contributed by atoms with E-state index >= 15 is 0 Å². The molecule has 1 aromatic carbocycles. The Balaban J connectivity index is 1.70. The standard InChI is InChI=1S/C15H14N2O3/c18-13-6-7-14-12(8-13)9-16-17(14)15(19)20-10-11-4-2-1-3-5-11/h1-5,9H,6-8,10H2. The van der Waals surface area contributed by atoms with Crippen LogP contribution in [0.4, 0.5) is 4.79 Å². The summed E-state index contributed by atoms with van der Waals surface area (Å²) in [5.74, 6) is 0.190. The first-order valence-electron chi connectivity index (χ1n) is 6.52. The second kappa shape index (κ2) is 5.28. The lowest BCUT2D eigenvalue weighted by atomic mass is 9.97. The Bertz CT molecular complexity index is 646. The van der Waals surface area contributed by atoms with Gasteiger partial charge < -0.3 is 4.74 Å². The first kappa shape index (κ1) is 12.6. The molecule has 0 saturated carbocycles. The number of benzene rings is 1. The van der Waals surface area contributed by atoms with Crippen LogP contribution in [-0.2, 0) is 29.0 Å². The highest BCUT2D eigenvalue weighted by molar-refractivity contribution is 5.83. The first-order chi connectivity index (χ1) is 9.74. The number of hydrogen-bond donors (Lipinski definition) is 0. The molecule has 2 aromatic rings. The molecule has 1 aromatic heterocycles. The van der Waals surface area contributed by atoms with Crippen molar-refractivity contribution in [1.82, 2.24) is 9.78 Å². The van der Waals surface area contributed by atoms with E-state index in [1.165, 1.54) is 4.68 Å². The fourth-order valence-electron chi connectivity index (χ4n) is 2.32. The number of carbonyl (C=O) groups excluding carboxylic acids is 2. The third-order valence-electron chi connectivity index (χ3n) is 3.36. The monoisotopic (exact) mass is 270 g/mol. The first-order valence-corrected chi connectivity index (χ1v) is 6.52. The maximum absolute atomic E-state index is 12.0. The summed E-state index contributed by atoms with van der Waals surface area (Å²) < 4.78 is 6.51. The maximum Gasteiger partial charge on any atom is 0.435 e. The van der Waals surface area contributed by atoms with Gasteiger partial charge in [0.1, 0.15) is 12.4 Å². The SMILES string of the molecule is O=C1CCc2c(cnn2C(=O)OCc2ccccc2)C1. The normalized spacial score (nSPS) is 13.9. The summed E-state index contributed by atoms with van der Waals surface area (Å²) in [7, 11) is 0. The number of fused-ring (bicyclic) bond motifs is 1.